The Kier molecular flexibility index (Phi) is 5.39. The van der Waals surface area contributed by atoms with Gasteiger partial charge in [-0.3, -0.25) is 16.0 Å². The highest BCUT2D eigenvalue weighted by Gasteiger charge is 2.22. The maximum Gasteiger partial charge on any atom is 0.161 e. The quantitative estimate of drug-likeness (QED) is 0.619. The molecular formula is C15H21BrN4O. The van der Waals surface area contributed by atoms with Crippen LogP contribution in [0, 0.1) is 0 Å². The zero-order valence-corrected chi connectivity index (χ0v) is 14.1. The molecule has 0 saturated carbocycles. The molecule has 5 nitrogen and oxygen atoms in total. The fraction of sp³-hybridized carbons (Fsp3) is 0.400. The predicted molar refractivity (Wildman–Crippen MR) is 87.1 cm³/mol. The summed E-state index contributed by atoms with van der Waals surface area (Å²) < 4.78 is 8.44. The van der Waals surface area contributed by atoms with Crippen LogP contribution >= 0.6 is 15.9 Å². The Hall–Kier alpha value is -1.37. The van der Waals surface area contributed by atoms with Gasteiger partial charge in [0, 0.05) is 10.5 Å². The van der Waals surface area contributed by atoms with Gasteiger partial charge in [-0.05, 0) is 38.0 Å². The number of aromatic nitrogens is 2. The molecular weight excluding hydrogens is 332 g/mol. The SMILES string of the molecule is COc1cnn(C(C)C)c1C(Cc1ccc(Br)cc1)NN. The summed E-state index contributed by atoms with van der Waals surface area (Å²) in [5.74, 6) is 6.53. The Morgan fingerprint density at radius 1 is 1.33 bits per heavy atom. The molecule has 0 aliphatic carbocycles. The van der Waals surface area contributed by atoms with Crippen molar-refractivity contribution in [2.75, 3.05) is 7.11 Å². The van der Waals surface area contributed by atoms with Crippen LogP contribution in [0.4, 0.5) is 0 Å². The molecule has 1 aromatic heterocycles. The van der Waals surface area contributed by atoms with E-state index in [2.05, 4.69) is 52.4 Å². The molecule has 0 aliphatic heterocycles. The van der Waals surface area contributed by atoms with E-state index in [0.717, 1.165) is 22.3 Å². The molecule has 0 spiro atoms. The average Bonchev–Trinajstić information content (AvgIpc) is 2.90. The zero-order valence-electron chi connectivity index (χ0n) is 12.5. The third kappa shape index (κ3) is 3.64. The molecule has 0 aliphatic rings. The lowest BCUT2D eigenvalue weighted by Crippen LogP contribution is -2.32. The van der Waals surface area contributed by atoms with E-state index in [4.69, 9.17) is 10.6 Å². The zero-order chi connectivity index (χ0) is 15.4. The molecule has 3 N–H and O–H groups in total. The molecule has 1 heterocycles. The average molecular weight is 353 g/mol. The molecule has 21 heavy (non-hydrogen) atoms. The van der Waals surface area contributed by atoms with Crippen molar-refractivity contribution in [2.24, 2.45) is 5.84 Å². The van der Waals surface area contributed by atoms with E-state index < -0.39 is 0 Å². The van der Waals surface area contributed by atoms with E-state index in [-0.39, 0.29) is 12.1 Å². The molecule has 0 bridgehead atoms. The highest BCUT2D eigenvalue weighted by atomic mass is 79.9. The van der Waals surface area contributed by atoms with Gasteiger partial charge in [-0.25, -0.2) is 0 Å². The summed E-state index contributed by atoms with van der Waals surface area (Å²) in [5.41, 5.74) is 5.05. The van der Waals surface area contributed by atoms with E-state index >= 15 is 0 Å². The third-order valence-corrected chi connectivity index (χ3v) is 3.92. The van der Waals surface area contributed by atoms with Crippen molar-refractivity contribution in [3.63, 3.8) is 0 Å². The number of nitrogens with zero attached hydrogens (tertiary/aromatic N) is 2. The minimum Gasteiger partial charge on any atom is -0.493 e. The van der Waals surface area contributed by atoms with Gasteiger partial charge in [0.25, 0.3) is 0 Å². The van der Waals surface area contributed by atoms with Crippen molar-refractivity contribution >= 4 is 15.9 Å². The Balaban J connectivity index is 2.32. The largest absolute Gasteiger partial charge is 0.493 e. The van der Waals surface area contributed by atoms with Gasteiger partial charge in [0.15, 0.2) is 5.75 Å². The van der Waals surface area contributed by atoms with Crippen molar-refractivity contribution in [3.05, 3.63) is 46.2 Å². The van der Waals surface area contributed by atoms with Crippen molar-refractivity contribution in [1.29, 1.82) is 0 Å². The number of nitrogens with one attached hydrogen (secondary N) is 1. The Morgan fingerprint density at radius 2 is 2.00 bits per heavy atom. The topological polar surface area (TPSA) is 65.1 Å². The summed E-state index contributed by atoms with van der Waals surface area (Å²) in [6, 6.07) is 8.39. The highest BCUT2D eigenvalue weighted by molar-refractivity contribution is 9.10. The Labute approximate surface area is 133 Å². The molecule has 1 aromatic carbocycles. The van der Waals surface area contributed by atoms with Gasteiger partial charge in [-0.15, -0.1) is 0 Å². The Bertz CT molecular complexity index is 580. The molecule has 114 valence electrons. The number of methoxy groups -OCH3 is 1. The first-order chi connectivity index (χ1) is 10.1. The summed E-state index contributed by atoms with van der Waals surface area (Å²) in [5, 5.41) is 4.40. The Morgan fingerprint density at radius 3 is 2.52 bits per heavy atom. The van der Waals surface area contributed by atoms with Gasteiger partial charge in [0.2, 0.25) is 0 Å². The maximum atomic E-state index is 5.78. The van der Waals surface area contributed by atoms with Crippen LogP contribution in [0.1, 0.15) is 37.2 Å². The van der Waals surface area contributed by atoms with Gasteiger partial charge in [0.05, 0.1) is 25.0 Å². The monoisotopic (exact) mass is 352 g/mol. The van der Waals surface area contributed by atoms with Gasteiger partial charge in [0.1, 0.15) is 0 Å². The summed E-state index contributed by atoms with van der Waals surface area (Å²) in [6.07, 6.45) is 2.50. The molecule has 2 aromatic rings. The molecule has 0 amide bonds. The fourth-order valence-corrected chi connectivity index (χ4v) is 2.61. The van der Waals surface area contributed by atoms with E-state index in [1.165, 1.54) is 5.56 Å². The van der Waals surface area contributed by atoms with Crippen LogP contribution in [0.15, 0.2) is 34.9 Å². The fourth-order valence-electron chi connectivity index (χ4n) is 2.35. The molecule has 1 atom stereocenters. The van der Waals surface area contributed by atoms with Crippen LogP contribution in [0.25, 0.3) is 0 Å². The van der Waals surface area contributed by atoms with Gasteiger partial charge >= 0.3 is 0 Å². The summed E-state index contributed by atoms with van der Waals surface area (Å²) in [4.78, 5) is 0. The summed E-state index contributed by atoms with van der Waals surface area (Å²) in [7, 11) is 1.65. The van der Waals surface area contributed by atoms with E-state index in [1.54, 1.807) is 13.3 Å². The smallest absolute Gasteiger partial charge is 0.161 e. The maximum absolute atomic E-state index is 5.78. The minimum absolute atomic E-state index is 0.0639. The van der Waals surface area contributed by atoms with Crippen LogP contribution in [-0.2, 0) is 6.42 Å². The number of ether oxygens (including phenoxy) is 1. The van der Waals surface area contributed by atoms with E-state index in [0.29, 0.717) is 0 Å². The first kappa shape index (κ1) is 16.0. The minimum atomic E-state index is -0.0639. The number of halogens is 1. The second-order valence-corrected chi connectivity index (χ2v) is 6.10. The number of nitrogens with two attached hydrogens (primary N) is 1. The first-order valence-electron chi connectivity index (χ1n) is 6.88. The van der Waals surface area contributed by atoms with Crippen LogP contribution in [0.5, 0.6) is 5.75 Å². The number of hydrogen-bond donors (Lipinski definition) is 2. The molecule has 2 rings (SSSR count). The number of rotatable bonds is 6. The van der Waals surface area contributed by atoms with Crippen LogP contribution < -0.4 is 16.0 Å². The van der Waals surface area contributed by atoms with Crippen molar-refractivity contribution in [3.8, 4) is 5.75 Å². The van der Waals surface area contributed by atoms with Crippen molar-refractivity contribution < 1.29 is 4.74 Å². The third-order valence-electron chi connectivity index (χ3n) is 3.39. The van der Waals surface area contributed by atoms with Crippen LogP contribution in [-0.4, -0.2) is 16.9 Å². The first-order valence-corrected chi connectivity index (χ1v) is 7.68. The molecule has 1 unspecified atom stereocenters. The van der Waals surface area contributed by atoms with E-state index in [1.807, 2.05) is 16.8 Å². The lowest BCUT2D eigenvalue weighted by molar-refractivity contribution is 0.384. The normalized spacial score (nSPS) is 12.7. The van der Waals surface area contributed by atoms with Crippen molar-refractivity contribution in [1.82, 2.24) is 15.2 Å². The van der Waals surface area contributed by atoms with Gasteiger partial charge in [-0.2, -0.15) is 5.10 Å². The summed E-state index contributed by atoms with van der Waals surface area (Å²) >= 11 is 3.45. The molecule has 0 radical (unpaired) electrons. The molecule has 6 heteroatoms. The molecule has 0 fully saturated rings. The van der Waals surface area contributed by atoms with Gasteiger partial charge < -0.3 is 4.74 Å². The van der Waals surface area contributed by atoms with Gasteiger partial charge in [-0.1, -0.05) is 28.1 Å². The number of hydrogen-bond acceptors (Lipinski definition) is 4. The second-order valence-electron chi connectivity index (χ2n) is 5.19. The lowest BCUT2D eigenvalue weighted by Gasteiger charge is -2.21. The summed E-state index contributed by atoms with van der Waals surface area (Å²) in [6.45, 7) is 4.17. The lowest BCUT2D eigenvalue weighted by atomic mass is 10.0. The van der Waals surface area contributed by atoms with Crippen molar-refractivity contribution in [2.45, 2.75) is 32.4 Å². The number of benzene rings is 1. The van der Waals surface area contributed by atoms with E-state index in [9.17, 15) is 0 Å². The molecule has 0 saturated heterocycles. The standard InChI is InChI=1S/C15H21BrN4O/c1-10(2)20-15(14(21-3)9-18-20)13(19-17)8-11-4-6-12(16)7-5-11/h4-7,9-10,13,19H,8,17H2,1-3H3. The second kappa shape index (κ2) is 7.06. The predicted octanol–water partition coefficient (Wildman–Crippen LogP) is 2.98. The highest BCUT2D eigenvalue weighted by Crippen LogP contribution is 2.29. The van der Waals surface area contributed by atoms with Crippen LogP contribution in [0.3, 0.4) is 0 Å². The number of hydrazine groups is 1. The van der Waals surface area contributed by atoms with Crippen LogP contribution in [0.2, 0.25) is 0 Å².